The monoisotopic (exact) mass is 314 g/mol. The Bertz CT molecular complexity index is 718. The van der Waals surface area contributed by atoms with Crippen molar-refractivity contribution in [1.82, 2.24) is 4.98 Å². The van der Waals surface area contributed by atoms with Gasteiger partial charge in [0.15, 0.2) is 5.13 Å². The highest BCUT2D eigenvalue weighted by Crippen LogP contribution is 2.27. The second-order valence-corrected chi connectivity index (χ2v) is 5.36. The van der Waals surface area contributed by atoms with Crippen molar-refractivity contribution in [3.05, 3.63) is 41.3 Å². The lowest BCUT2D eigenvalue weighted by Crippen LogP contribution is -2.21. The number of thiazole rings is 1. The zero-order valence-electron chi connectivity index (χ0n) is 12.5. The molecular formula is C16H18N4OS. The molecule has 1 heterocycles. The van der Waals surface area contributed by atoms with E-state index >= 15 is 0 Å². The Labute approximate surface area is 133 Å². The van der Waals surface area contributed by atoms with E-state index in [4.69, 9.17) is 5.73 Å². The van der Waals surface area contributed by atoms with Gasteiger partial charge in [-0.1, -0.05) is 24.3 Å². The van der Waals surface area contributed by atoms with E-state index in [-0.39, 0.29) is 12.5 Å². The molecule has 5 nitrogen and oxygen atoms in total. The quantitative estimate of drug-likeness (QED) is 0.833. The standard InChI is InChI=1S/C16H18N4OS/c1-3-11(9-18-2)12-5-4-6-13(7-12)14-10-22-16(19-14)20-15(21)8-17/h3-7,9-10H,8,17H2,1-2H3,(H,19,20,21)/b11-3+,18-9?. The van der Waals surface area contributed by atoms with Gasteiger partial charge in [0.25, 0.3) is 0 Å². The highest BCUT2D eigenvalue weighted by atomic mass is 32.1. The van der Waals surface area contributed by atoms with E-state index in [0.29, 0.717) is 5.13 Å². The number of allylic oxidation sites excluding steroid dienone is 2. The Hall–Kier alpha value is -2.31. The van der Waals surface area contributed by atoms with Crippen LogP contribution in [0, 0.1) is 0 Å². The predicted octanol–water partition coefficient (Wildman–Crippen LogP) is 2.81. The predicted molar refractivity (Wildman–Crippen MR) is 93.3 cm³/mol. The first-order valence-corrected chi connectivity index (χ1v) is 7.70. The zero-order valence-corrected chi connectivity index (χ0v) is 13.4. The molecule has 2 rings (SSSR count). The largest absolute Gasteiger partial charge is 0.322 e. The normalized spacial score (nSPS) is 11.9. The second-order valence-electron chi connectivity index (χ2n) is 4.50. The summed E-state index contributed by atoms with van der Waals surface area (Å²) < 4.78 is 0. The van der Waals surface area contributed by atoms with E-state index in [9.17, 15) is 4.79 Å². The molecule has 114 valence electrons. The fourth-order valence-corrected chi connectivity index (χ4v) is 2.68. The van der Waals surface area contributed by atoms with Gasteiger partial charge in [-0.3, -0.25) is 9.79 Å². The Morgan fingerprint density at radius 3 is 3.00 bits per heavy atom. The molecule has 6 heteroatoms. The third kappa shape index (κ3) is 3.87. The van der Waals surface area contributed by atoms with Crippen molar-refractivity contribution in [3.8, 4) is 11.3 Å². The van der Waals surface area contributed by atoms with Crippen LogP contribution in [-0.4, -0.2) is 30.7 Å². The van der Waals surface area contributed by atoms with E-state index in [0.717, 1.165) is 22.4 Å². The van der Waals surface area contributed by atoms with Crippen molar-refractivity contribution < 1.29 is 4.79 Å². The number of nitrogens with one attached hydrogen (secondary N) is 1. The van der Waals surface area contributed by atoms with Crippen molar-refractivity contribution in [2.45, 2.75) is 6.92 Å². The molecule has 0 aliphatic rings. The van der Waals surface area contributed by atoms with Gasteiger partial charge in [0, 0.05) is 24.2 Å². The molecule has 2 aromatic rings. The maximum Gasteiger partial charge on any atom is 0.239 e. The molecule has 0 saturated carbocycles. The highest BCUT2D eigenvalue weighted by Gasteiger charge is 2.08. The van der Waals surface area contributed by atoms with Crippen molar-refractivity contribution in [1.29, 1.82) is 0 Å². The fourth-order valence-electron chi connectivity index (χ4n) is 1.95. The van der Waals surface area contributed by atoms with Gasteiger partial charge in [0.2, 0.25) is 5.91 Å². The van der Waals surface area contributed by atoms with E-state index < -0.39 is 0 Å². The van der Waals surface area contributed by atoms with Gasteiger partial charge in [-0.15, -0.1) is 11.3 Å². The summed E-state index contributed by atoms with van der Waals surface area (Å²) >= 11 is 1.38. The third-order valence-corrected chi connectivity index (χ3v) is 3.76. The molecule has 0 unspecified atom stereocenters. The number of aromatic nitrogens is 1. The first-order chi connectivity index (χ1) is 10.7. The van der Waals surface area contributed by atoms with Crippen LogP contribution >= 0.6 is 11.3 Å². The van der Waals surface area contributed by atoms with Crippen LogP contribution in [0.25, 0.3) is 16.8 Å². The van der Waals surface area contributed by atoms with Crippen molar-refractivity contribution >= 4 is 34.2 Å². The molecule has 0 saturated heterocycles. The summed E-state index contributed by atoms with van der Waals surface area (Å²) in [7, 11) is 1.75. The van der Waals surface area contributed by atoms with E-state index in [1.54, 1.807) is 7.05 Å². The van der Waals surface area contributed by atoms with Gasteiger partial charge in [-0.2, -0.15) is 0 Å². The maximum absolute atomic E-state index is 11.3. The van der Waals surface area contributed by atoms with Gasteiger partial charge < -0.3 is 11.1 Å². The summed E-state index contributed by atoms with van der Waals surface area (Å²) in [5, 5.41) is 5.13. The van der Waals surface area contributed by atoms with Gasteiger partial charge in [0.05, 0.1) is 12.2 Å². The molecule has 1 aromatic carbocycles. The first kappa shape index (κ1) is 16.1. The maximum atomic E-state index is 11.3. The van der Waals surface area contributed by atoms with Crippen LogP contribution < -0.4 is 11.1 Å². The molecule has 3 N–H and O–H groups in total. The molecule has 1 amide bonds. The van der Waals surface area contributed by atoms with Gasteiger partial charge in [0.1, 0.15) is 0 Å². The van der Waals surface area contributed by atoms with Crippen LogP contribution in [0.3, 0.4) is 0 Å². The minimum atomic E-state index is -0.245. The lowest BCUT2D eigenvalue weighted by atomic mass is 10.0. The number of benzene rings is 1. The van der Waals surface area contributed by atoms with Crippen molar-refractivity contribution in [2.24, 2.45) is 10.7 Å². The SMILES string of the molecule is C/C=C(\C=NC)c1cccc(-c2csc(NC(=O)CN)n2)c1. The Kier molecular flexibility index (Phi) is 5.57. The topological polar surface area (TPSA) is 80.4 Å². The number of carbonyl (C=O) groups excluding carboxylic acids is 1. The molecule has 0 aliphatic carbocycles. The molecule has 0 radical (unpaired) electrons. The van der Waals surface area contributed by atoms with Crippen LogP contribution in [0.1, 0.15) is 12.5 Å². The number of nitrogens with two attached hydrogens (primary N) is 1. The molecule has 0 bridgehead atoms. The molecule has 0 atom stereocenters. The highest BCUT2D eigenvalue weighted by molar-refractivity contribution is 7.14. The smallest absolute Gasteiger partial charge is 0.239 e. The lowest BCUT2D eigenvalue weighted by molar-refractivity contribution is -0.114. The van der Waals surface area contributed by atoms with Crippen LogP contribution in [0.15, 0.2) is 40.7 Å². The first-order valence-electron chi connectivity index (χ1n) is 6.82. The van der Waals surface area contributed by atoms with Crippen LogP contribution in [0.2, 0.25) is 0 Å². The van der Waals surface area contributed by atoms with Gasteiger partial charge in [-0.05, 0) is 24.1 Å². The fraction of sp³-hybridized carbons (Fsp3) is 0.188. The third-order valence-electron chi connectivity index (χ3n) is 3.01. The summed E-state index contributed by atoms with van der Waals surface area (Å²) in [6.45, 7) is 1.93. The van der Waals surface area contributed by atoms with E-state index in [1.807, 2.05) is 42.8 Å². The summed E-state index contributed by atoms with van der Waals surface area (Å²) in [6, 6.07) is 8.06. The van der Waals surface area contributed by atoms with Crippen LogP contribution in [0.4, 0.5) is 5.13 Å². The summed E-state index contributed by atoms with van der Waals surface area (Å²) in [6.07, 6.45) is 3.84. The van der Waals surface area contributed by atoms with Gasteiger partial charge in [-0.25, -0.2) is 4.98 Å². The van der Waals surface area contributed by atoms with Crippen LogP contribution in [0.5, 0.6) is 0 Å². The molecular weight excluding hydrogens is 296 g/mol. The number of hydrogen-bond acceptors (Lipinski definition) is 5. The Balaban J connectivity index is 2.28. The van der Waals surface area contributed by atoms with Crippen molar-refractivity contribution in [3.63, 3.8) is 0 Å². The average Bonchev–Trinajstić information content (AvgIpc) is 3.01. The summed E-state index contributed by atoms with van der Waals surface area (Å²) in [5.74, 6) is -0.245. The molecule has 0 aliphatic heterocycles. The Morgan fingerprint density at radius 2 is 2.32 bits per heavy atom. The summed E-state index contributed by atoms with van der Waals surface area (Å²) in [5.41, 5.74) is 9.22. The number of aliphatic imine (C=N–C) groups is 1. The average molecular weight is 314 g/mol. The van der Waals surface area contributed by atoms with Crippen LogP contribution in [-0.2, 0) is 4.79 Å². The second kappa shape index (κ2) is 7.63. The lowest BCUT2D eigenvalue weighted by Gasteiger charge is -2.04. The minimum absolute atomic E-state index is 0.0502. The number of carbonyl (C=O) groups is 1. The minimum Gasteiger partial charge on any atom is -0.322 e. The molecule has 22 heavy (non-hydrogen) atoms. The molecule has 0 spiro atoms. The zero-order chi connectivity index (χ0) is 15.9. The Morgan fingerprint density at radius 1 is 1.50 bits per heavy atom. The van der Waals surface area contributed by atoms with Gasteiger partial charge >= 0.3 is 0 Å². The number of nitrogens with zero attached hydrogens (tertiary/aromatic N) is 2. The van der Waals surface area contributed by atoms with Crippen molar-refractivity contribution in [2.75, 3.05) is 18.9 Å². The number of anilines is 1. The molecule has 0 fully saturated rings. The van der Waals surface area contributed by atoms with E-state index in [2.05, 4.69) is 21.4 Å². The summed E-state index contributed by atoms with van der Waals surface area (Å²) in [4.78, 5) is 19.8. The van der Waals surface area contributed by atoms with E-state index in [1.165, 1.54) is 11.3 Å². The number of rotatable bonds is 5. The number of amides is 1. The molecule has 1 aromatic heterocycles. The number of hydrogen-bond donors (Lipinski definition) is 2.